The van der Waals surface area contributed by atoms with Crippen LogP contribution < -0.4 is 5.32 Å². The van der Waals surface area contributed by atoms with E-state index in [0.29, 0.717) is 6.42 Å². The lowest BCUT2D eigenvalue weighted by molar-refractivity contribution is -0.137. The van der Waals surface area contributed by atoms with Gasteiger partial charge in [0.05, 0.1) is 11.4 Å². The van der Waals surface area contributed by atoms with Crippen molar-refractivity contribution in [3.63, 3.8) is 0 Å². The summed E-state index contributed by atoms with van der Waals surface area (Å²) in [5.41, 5.74) is 1.56. The number of aryl methyl sites for hydroxylation is 2. The predicted molar refractivity (Wildman–Crippen MR) is 67.9 cm³/mol. The van der Waals surface area contributed by atoms with Gasteiger partial charge in [0.2, 0.25) is 0 Å². The molecule has 0 aromatic carbocycles. The third kappa shape index (κ3) is 4.16. The first-order valence-electron chi connectivity index (χ1n) is 5.94. The quantitative estimate of drug-likeness (QED) is 0.806. The number of nitrogens with zero attached hydrogens (tertiary/aromatic N) is 4. The maximum atomic E-state index is 11.6. The molecule has 104 valence electrons. The molecular weight excluding hydrogens is 250 g/mol. The summed E-state index contributed by atoms with van der Waals surface area (Å²) in [5.74, 6) is -1.01. The average molecular weight is 267 g/mol. The minimum Gasteiger partial charge on any atom is -0.480 e. The van der Waals surface area contributed by atoms with E-state index in [2.05, 4.69) is 20.5 Å². The van der Waals surface area contributed by atoms with Crippen LogP contribution in [-0.4, -0.2) is 50.8 Å². The monoisotopic (exact) mass is 267 g/mol. The van der Waals surface area contributed by atoms with Crippen molar-refractivity contribution in [3.8, 4) is 0 Å². The number of carboxylic acid groups (broad SMARTS) is 1. The maximum absolute atomic E-state index is 11.6. The van der Waals surface area contributed by atoms with Crippen LogP contribution in [0, 0.1) is 0 Å². The van der Waals surface area contributed by atoms with Crippen molar-refractivity contribution in [3.05, 3.63) is 11.4 Å². The van der Waals surface area contributed by atoms with Crippen molar-refractivity contribution in [2.24, 2.45) is 0 Å². The molecule has 1 heterocycles. The lowest BCUT2D eigenvalue weighted by Gasteiger charge is -2.14. The zero-order valence-electron chi connectivity index (χ0n) is 11.2. The smallest absolute Gasteiger partial charge is 0.324 e. The Bertz CT molecular complexity index is 477. The highest BCUT2D eigenvalue weighted by atomic mass is 16.4. The van der Waals surface area contributed by atoms with E-state index in [1.54, 1.807) is 0 Å². The molecule has 0 radical (unpaired) electrons. The molecule has 1 aromatic heterocycles. The van der Waals surface area contributed by atoms with E-state index < -0.39 is 18.5 Å². The fourth-order valence-corrected chi connectivity index (χ4v) is 1.46. The van der Waals surface area contributed by atoms with Crippen LogP contribution in [0.3, 0.4) is 0 Å². The lowest BCUT2D eigenvalue weighted by Crippen LogP contribution is -2.36. The Morgan fingerprint density at radius 1 is 1.21 bits per heavy atom. The molecule has 0 saturated heterocycles. The Labute approximate surface area is 110 Å². The summed E-state index contributed by atoms with van der Waals surface area (Å²) in [4.78, 5) is 27.3. The number of hydrogen-bond acceptors (Lipinski definition) is 5. The topological polar surface area (TPSA) is 108 Å². The number of carbonyl (C=O) groups is 2. The number of nitrogens with one attached hydrogen (secondary N) is 1. The van der Waals surface area contributed by atoms with E-state index in [-0.39, 0.29) is 5.95 Å². The normalized spacial score (nSPS) is 10.1. The molecule has 0 saturated carbocycles. The molecular formula is C11H17N5O3. The van der Waals surface area contributed by atoms with Gasteiger partial charge in [-0.05, 0) is 12.8 Å². The Hall–Kier alpha value is -2.25. The van der Waals surface area contributed by atoms with Gasteiger partial charge in [0, 0.05) is 7.05 Å². The van der Waals surface area contributed by atoms with E-state index in [4.69, 9.17) is 5.11 Å². The van der Waals surface area contributed by atoms with Crippen LogP contribution >= 0.6 is 0 Å². The summed E-state index contributed by atoms with van der Waals surface area (Å²) in [5, 5.41) is 18.8. The van der Waals surface area contributed by atoms with Crippen LogP contribution in [-0.2, 0) is 17.6 Å². The third-order valence-corrected chi connectivity index (χ3v) is 2.45. The molecule has 0 spiro atoms. The van der Waals surface area contributed by atoms with Crippen LogP contribution in [0.4, 0.5) is 10.7 Å². The molecule has 0 aliphatic carbocycles. The first kappa shape index (κ1) is 14.8. The Morgan fingerprint density at radius 3 is 2.37 bits per heavy atom. The molecule has 1 rings (SSSR count). The van der Waals surface area contributed by atoms with Gasteiger partial charge >= 0.3 is 12.0 Å². The summed E-state index contributed by atoms with van der Waals surface area (Å²) >= 11 is 0. The number of amides is 2. The number of urea groups is 1. The summed E-state index contributed by atoms with van der Waals surface area (Å²) in [6.07, 6.45) is 1.41. The number of carboxylic acids is 1. The van der Waals surface area contributed by atoms with Crippen LogP contribution in [0.15, 0.2) is 0 Å². The Kier molecular flexibility index (Phi) is 5.16. The highest BCUT2D eigenvalue weighted by molar-refractivity contribution is 5.89. The van der Waals surface area contributed by atoms with E-state index in [1.165, 1.54) is 7.05 Å². The Morgan fingerprint density at radius 2 is 1.84 bits per heavy atom. The van der Waals surface area contributed by atoms with Gasteiger partial charge in [-0.1, -0.05) is 13.8 Å². The van der Waals surface area contributed by atoms with Crippen LogP contribution in [0.5, 0.6) is 0 Å². The molecule has 8 nitrogen and oxygen atoms in total. The molecule has 0 atom stereocenters. The molecule has 0 fully saturated rings. The van der Waals surface area contributed by atoms with Crippen molar-refractivity contribution in [2.45, 2.75) is 26.7 Å². The molecule has 2 amide bonds. The second kappa shape index (κ2) is 6.62. The lowest BCUT2D eigenvalue weighted by atomic mass is 10.2. The standard InChI is InChI=1S/C11H17N5O3/c1-4-7-8(5-2)14-15-10(12-7)13-11(19)16(3)6-9(17)18/h4-6H2,1-3H3,(H,17,18)(H,12,13,15,19). The second-order valence-electron chi connectivity index (χ2n) is 3.92. The van der Waals surface area contributed by atoms with E-state index in [9.17, 15) is 9.59 Å². The van der Waals surface area contributed by atoms with Gasteiger partial charge in [-0.25, -0.2) is 9.78 Å². The number of hydrogen-bond donors (Lipinski definition) is 2. The van der Waals surface area contributed by atoms with E-state index in [0.717, 1.165) is 22.7 Å². The third-order valence-electron chi connectivity index (χ3n) is 2.45. The second-order valence-corrected chi connectivity index (χ2v) is 3.92. The summed E-state index contributed by atoms with van der Waals surface area (Å²) < 4.78 is 0. The predicted octanol–water partition coefficient (Wildman–Crippen LogP) is 0.545. The molecule has 1 aromatic rings. The first-order chi connectivity index (χ1) is 8.97. The zero-order chi connectivity index (χ0) is 14.4. The summed E-state index contributed by atoms with van der Waals surface area (Å²) in [6, 6.07) is -0.587. The van der Waals surface area contributed by atoms with Gasteiger partial charge in [0.25, 0.3) is 5.95 Å². The number of aromatic nitrogens is 3. The molecule has 0 aliphatic rings. The van der Waals surface area contributed by atoms with Gasteiger partial charge in [-0.15, -0.1) is 10.2 Å². The van der Waals surface area contributed by atoms with Gasteiger partial charge in [-0.3, -0.25) is 10.1 Å². The number of aliphatic carboxylic acids is 1. The highest BCUT2D eigenvalue weighted by Gasteiger charge is 2.14. The fourth-order valence-electron chi connectivity index (χ4n) is 1.46. The summed E-state index contributed by atoms with van der Waals surface area (Å²) in [6.45, 7) is 3.49. The number of rotatable bonds is 5. The number of likely N-dealkylation sites (N-methyl/N-ethyl adjacent to an activating group) is 1. The molecule has 0 unspecified atom stereocenters. The molecule has 8 heteroatoms. The van der Waals surface area contributed by atoms with Gasteiger partial charge in [0.15, 0.2) is 0 Å². The SMILES string of the molecule is CCc1nnc(NC(=O)N(C)CC(=O)O)nc1CC. The minimum atomic E-state index is -1.09. The minimum absolute atomic E-state index is 0.0799. The van der Waals surface area contributed by atoms with E-state index in [1.807, 2.05) is 13.8 Å². The Balaban J connectivity index is 2.77. The van der Waals surface area contributed by atoms with Crippen molar-refractivity contribution < 1.29 is 14.7 Å². The molecule has 19 heavy (non-hydrogen) atoms. The van der Waals surface area contributed by atoms with E-state index >= 15 is 0 Å². The summed E-state index contributed by atoms with van der Waals surface area (Å²) in [7, 11) is 1.37. The highest BCUT2D eigenvalue weighted by Crippen LogP contribution is 2.07. The molecule has 0 bridgehead atoms. The zero-order valence-corrected chi connectivity index (χ0v) is 11.2. The van der Waals surface area contributed by atoms with Crippen molar-refractivity contribution in [2.75, 3.05) is 18.9 Å². The molecule has 2 N–H and O–H groups in total. The first-order valence-corrected chi connectivity index (χ1v) is 5.94. The largest absolute Gasteiger partial charge is 0.480 e. The van der Waals surface area contributed by atoms with Gasteiger partial charge < -0.3 is 10.0 Å². The van der Waals surface area contributed by atoms with Gasteiger partial charge in [0.1, 0.15) is 6.54 Å². The molecule has 0 aliphatic heterocycles. The van der Waals surface area contributed by atoms with Crippen molar-refractivity contribution in [1.82, 2.24) is 20.1 Å². The number of carbonyl (C=O) groups excluding carboxylic acids is 1. The van der Waals surface area contributed by atoms with Crippen molar-refractivity contribution >= 4 is 17.9 Å². The van der Waals surface area contributed by atoms with Crippen LogP contribution in [0.2, 0.25) is 0 Å². The van der Waals surface area contributed by atoms with Crippen molar-refractivity contribution in [1.29, 1.82) is 0 Å². The fraction of sp³-hybridized carbons (Fsp3) is 0.545. The van der Waals surface area contributed by atoms with Crippen LogP contribution in [0.1, 0.15) is 25.2 Å². The van der Waals surface area contributed by atoms with Crippen LogP contribution in [0.25, 0.3) is 0 Å². The number of anilines is 1. The maximum Gasteiger partial charge on any atom is 0.324 e. The average Bonchev–Trinajstić information content (AvgIpc) is 2.37. The van der Waals surface area contributed by atoms with Gasteiger partial charge in [-0.2, -0.15) is 0 Å².